The van der Waals surface area contributed by atoms with E-state index in [4.69, 9.17) is 11.6 Å². The van der Waals surface area contributed by atoms with E-state index in [1.807, 2.05) is 13.8 Å². The van der Waals surface area contributed by atoms with Crippen LogP contribution in [0.3, 0.4) is 0 Å². The van der Waals surface area contributed by atoms with Crippen LogP contribution in [-0.4, -0.2) is 63.4 Å². The summed E-state index contributed by atoms with van der Waals surface area (Å²) in [5.41, 5.74) is 0. The summed E-state index contributed by atoms with van der Waals surface area (Å²) in [7, 11) is -3.66. The number of benzene rings is 1. The van der Waals surface area contributed by atoms with Crippen molar-refractivity contribution in [3.63, 3.8) is 0 Å². The molecule has 1 saturated heterocycles. The number of amides is 3. The maximum atomic E-state index is 12.7. The summed E-state index contributed by atoms with van der Waals surface area (Å²) in [4.78, 5) is 24.7. The van der Waals surface area contributed by atoms with Crippen LogP contribution >= 0.6 is 11.6 Å². The second-order valence-electron chi connectivity index (χ2n) is 6.59. The van der Waals surface area contributed by atoms with Crippen LogP contribution in [0.5, 0.6) is 0 Å². The highest BCUT2D eigenvalue weighted by Crippen LogP contribution is 2.23. The van der Waals surface area contributed by atoms with Crippen LogP contribution in [0, 0.1) is 0 Å². The Morgan fingerprint density at radius 1 is 1.26 bits per heavy atom. The highest BCUT2D eigenvalue weighted by molar-refractivity contribution is 7.89. The second-order valence-corrected chi connectivity index (χ2v) is 8.91. The molecule has 150 valence electrons. The Hall–Kier alpha value is -1.68. The highest BCUT2D eigenvalue weighted by Gasteiger charge is 2.32. The molecule has 0 radical (unpaired) electrons. The van der Waals surface area contributed by atoms with Crippen LogP contribution in [0.4, 0.5) is 4.79 Å². The fourth-order valence-electron chi connectivity index (χ4n) is 2.77. The monoisotopic (exact) mass is 417 g/mol. The molecule has 0 aliphatic carbocycles. The topological polar surface area (TPSA) is 100 Å². The summed E-state index contributed by atoms with van der Waals surface area (Å²) in [6.07, 6.45) is 0.773. The summed E-state index contributed by atoms with van der Waals surface area (Å²) in [5, 5.41) is 5.17. The van der Waals surface area contributed by atoms with E-state index >= 15 is 0 Å². The van der Waals surface area contributed by atoms with Crippen molar-refractivity contribution in [2.24, 2.45) is 0 Å². The lowest BCUT2D eigenvalue weighted by Crippen LogP contribution is -3.15. The van der Waals surface area contributed by atoms with Gasteiger partial charge in [0.1, 0.15) is 4.90 Å². The first kappa shape index (κ1) is 21.6. The van der Waals surface area contributed by atoms with Gasteiger partial charge in [-0.3, -0.25) is 10.1 Å². The number of sulfonamides is 1. The smallest absolute Gasteiger partial charge is 0.321 e. The Bertz CT molecular complexity index is 779. The normalized spacial score (nSPS) is 17.3. The van der Waals surface area contributed by atoms with Crippen molar-refractivity contribution in [3.05, 3.63) is 29.3 Å². The van der Waals surface area contributed by atoms with Crippen LogP contribution in [0.15, 0.2) is 29.2 Å². The predicted octanol–water partition coefficient (Wildman–Crippen LogP) is -0.146. The molecule has 3 N–H and O–H groups in total. The lowest BCUT2D eigenvalue weighted by Gasteiger charge is -2.31. The number of imide groups is 1. The minimum Gasteiger partial charge on any atom is -0.335 e. The summed E-state index contributed by atoms with van der Waals surface area (Å²) in [6.45, 7) is 5.44. The number of hydrogen-bond donors (Lipinski definition) is 3. The molecule has 1 aromatic carbocycles. The Balaban J connectivity index is 1.86. The van der Waals surface area contributed by atoms with E-state index in [1.165, 1.54) is 10.4 Å². The van der Waals surface area contributed by atoms with Gasteiger partial charge in [-0.15, -0.1) is 0 Å². The van der Waals surface area contributed by atoms with E-state index in [-0.39, 0.29) is 41.5 Å². The molecule has 3 amide bonds. The first-order chi connectivity index (χ1) is 12.7. The van der Waals surface area contributed by atoms with E-state index in [2.05, 4.69) is 10.6 Å². The third-order valence-electron chi connectivity index (χ3n) is 4.54. The zero-order valence-corrected chi connectivity index (χ0v) is 17.1. The van der Waals surface area contributed by atoms with Crippen molar-refractivity contribution >= 4 is 33.6 Å². The fraction of sp³-hybridized carbons (Fsp3) is 0.529. The quantitative estimate of drug-likeness (QED) is 0.599. The molecule has 1 aliphatic rings. The molecule has 10 heteroatoms. The van der Waals surface area contributed by atoms with Gasteiger partial charge in [0.15, 0.2) is 6.54 Å². The number of quaternary nitrogens is 1. The van der Waals surface area contributed by atoms with Gasteiger partial charge in [0.2, 0.25) is 10.0 Å². The number of carbonyl (C=O) groups is 2. The fourth-order valence-corrected chi connectivity index (χ4v) is 4.71. The third-order valence-corrected chi connectivity index (χ3v) is 6.94. The Morgan fingerprint density at radius 2 is 1.89 bits per heavy atom. The summed E-state index contributed by atoms with van der Waals surface area (Å²) in [6, 6.07) is 5.83. The third kappa shape index (κ3) is 5.90. The number of urea groups is 1. The Labute approximate surface area is 164 Å². The molecule has 1 atom stereocenters. The van der Waals surface area contributed by atoms with E-state index in [0.717, 1.165) is 11.3 Å². The van der Waals surface area contributed by atoms with Gasteiger partial charge in [0.25, 0.3) is 5.91 Å². The summed E-state index contributed by atoms with van der Waals surface area (Å²) < 4.78 is 26.8. The molecule has 0 unspecified atom stereocenters. The minimum atomic E-state index is -3.66. The lowest BCUT2D eigenvalue weighted by molar-refractivity contribution is -0.895. The number of nitrogens with zero attached hydrogens (tertiary/aromatic N) is 1. The number of carbonyl (C=O) groups excluding carboxylic acids is 2. The van der Waals surface area contributed by atoms with Crippen LogP contribution in [0.2, 0.25) is 5.02 Å². The second kappa shape index (κ2) is 9.50. The number of nitrogens with one attached hydrogen (secondary N) is 3. The summed E-state index contributed by atoms with van der Waals surface area (Å²) in [5.74, 6) is -0.381. The van der Waals surface area contributed by atoms with Crippen molar-refractivity contribution in [3.8, 4) is 0 Å². The van der Waals surface area contributed by atoms with Crippen molar-refractivity contribution in [1.29, 1.82) is 0 Å². The van der Waals surface area contributed by atoms with Gasteiger partial charge in [0.05, 0.1) is 31.2 Å². The molecule has 0 spiro atoms. The Morgan fingerprint density at radius 3 is 2.48 bits per heavy atom. The molecule has 1 aliphatic heterocycles. The maximum absolute atomic E-state index is 12.7. The zero-order chi connectivity index (χ0) is 20.0. The van der Waals surface area contributed by atoms with Gasteiger partial charge in [-0.25, -0.2) is 13.2 Å². The van der Waals surface area contributed by atoms with Crippen LogP contribution < -0.4 is 15.5 Å². The minimum absolute atomic E-state index is 0.0105. The Kier molecular flexibility index (Phi) is 7.60. The molecular formula is C17H26ClN4O4S+. The van der Waals surface area contributed by atoms with Crippen LogP contribution in [0.25, 0.3) is 0 Å². The molecule has 27 heavy (non-hydrogen) atoms. The molecule has 2 rings (SSSR count). The van der Waals surface area contributed by atoms with E-state index in [9.17, 15) is 18.0 Å². The number of halogens is 1. The number of hydrogen-bond acceptors (Lipinski definition) is 4. The van der Waals surface area contributed by atoms with E-state index in [1.54, 1.807) is 18.2 Å². The molecule has 8 nitrogen and oxygen atoms in total. The van der Waals surface area contributed by atoms with Gasteiger partial charge in [-0.1, -0.05) is 30.7 Å². The van der Waals surface area contributed by atoms with Gasteiger partial charge in [0, 0.05) is 6.04 Å². The average Bonchev–Trinajstić information content (AvgIpc) is 2.62. The molecular weight excluding hydrogens is 392 g/mol. The van der Waals surface area contributed by atoms with Gasteiger partial charge in [-0.2, -0.15) is 4.31 Å². The molecule has 0 saturated carbocycles. The van der Waals surface area contributed by atoms with Crippen LogP contribution in [-0.2, 0) is 14.8 Å². The van der Waals surface area contributed by atoms with Crippen molar-refractivity contribution in [2.45, 2.75) is 31.2 Å². The van der Waals surface area contributed by atoms with Gasteiger partial charge < -0.3 is 10.2 Å². The van der Waals surface area contributed by atoms with Crippen molar-refractivity contribution in [2.75, 3.05) is 32.7 Å². The average molecular weight is 418 g/mol. The van der Waals surface area contributed by atoms with Gasteiger partial charge >= 0.3 is 6.03 Å². The SMILES string of the molecule is CC[C@@H](C)NC(=O)NC(=O)C[NH+]1CCN(S(=O)(=O)c2ccccc2Cl)CC1. The molecule has 1 heterocycles. The molecule has 0 bridgehead atoms. The van der Waals surface area contributed by atoms with Crippen LogP contribution in [0.1, 0.15) is 20.3 Å². The number of piperazine rings is 1. The molecule has 1 fully saturated rings. The van der Waals surface area contributed by atoms with Crippen molar-refractivity contribution in [1.82, 2.24) is 14.9 Å². The molecule has 0 aromatic heterocycles. The first-order valence-corrected chi connectivity index (χ1v) is 10.7. The lowest BCUT2D eigenvalue weighted by atomic mass is 10.3. The first-order valence-electron chi connectivity index (χ1n) is 8.92. The van der Waals surface area contributed by atoms with E-state index < -0.39 is 16.1 Å². The highest BCUT2D eigenvalue weighted by atomic mass is 35.5. The maximum Gasteiger partial charge on any atom is 0.321 e. The van der Waals surface area contributed by atoms with E-state index in [0.29, 0.717) is 13.1 Å². The zero-order valence-electron chi connectivity index (χ0n) is 15.5. The summed E-state index contributed by atoms with van der Waals surface area (Å²) >= 11 is 6.02. The molecule has 1 aromatic rings. The predicted molar refractivity (Wildman–Crippen MR) is 102 cm³/mol. The standard InChI is InChI=1S/C17H25ClN4O4S/c1-3-13(2)19-17(24)20-16(23)12-21-8-10-22(11-9-21)27(25,26)15-7-5-4-6-14(15)18/h4-7,13H,3,8-12H2,1-2H3,(H2,19,20,23,24)/p+1/t13-/m1/s1. The largest absolute Gasteiger partial charge is 0.335 e. The van der Waals surface area contributed by atoms with Crippen molar-refractivity contribution < 1.29 is 22.9 Å². The number of rotatable bonds is 6. The van der Waals surface area contributed by atoms with Gasteiger partial charge in [-0.05, 0) is 25.5 Å².